The number of morpholine rings is 1. The minimum atomic E-state index is -0.169. The molecule has 152 valence electrons. The van der Waals surface area contributed by atoms with Crippen LogP contribution >= 0.6 is 0 Å². The number of aromatic nitrogens is 2. The fourth-order valence-electron chi connectivity index (χ4n) is 3.46. The second kappa shape index (κ2) is 9.02. The Morgan fingerprint density at radius 1 is 1.24 bits per heavy atom. The van der Waals surface area contributed by atoms with E-state index in [1.807, 2.05) is 24.3 Å². The molecule has 2 aromatic rings. The lowest BCUT2D eigenvalue weighted by Crippen LogP contribution is -2.57. The topological polar surface area (TPSA) is 90.6 Å². The summed E-state index contributed by atoms with van der Waals surface area (Å²) < 4.78 is 5.32. The van der Waals surface area contributed by atoms with Gasteiger partial charge in [-0.1, -0.05) is 6.08 Å². The van der Waals surface area contributed by atoms with Crippen molar-refractivity contribution in [3.05, 3.63) is 59.3 Å². The van der Waals surface area contributed by atoms with E-state index in [2.05, 4.69) is 20.2 Å². The Bertz CT molecular complexity index is 915. The molecule has 4 rings (SSSR count). The molecule has 1 amide bonds. The predicted molar refractivity (Wildman–Crippen MR) is 111 cm³/mol. The van der Waals surface area contributed by atoms with Crippen LogP contribution in [0.3, 0.4) is 0 Å². The summed E-state index contributed by atoms with van der Waals surface area (Å²) in [5.74, 6) is 0.00996. The van der Waals surface area contributed by atoms with Gasteiger partial charge in [-0.25, -0.2) is 0 Å². The number of nitrogens with zero attached hydrogens (tertiary/aromatic N) is 3. The Labute approximate surface area is 169 Å². The highest BCUT2D eigenvalue weighted by Crippen LogP contribution is 2.20. The molecule has 0 unspecified atom stereocenters. The molecule has 4 heterocycles. The van der Waals surface area contributed by atoms with E-state index in [0.717, 1.165) is 44.0 Å². The molecule has 0 atom stereocenters. The third-order valence-corrected chi connectivity index (χ3v) is 5.20. The molecule has 0 aliphatic carbocycles. The lowest BCUT2D eigenvalue weighted by atomic mass is 10.1. The van der Waals surface area contributed by atoms with Gasteiger partial charge in [-0.15, -0.1) is 0 Å². The van der Waals surface area contributed by atoms with Crippen molar-refractivity contribution in [3.63, 3.8) is 0 Å². The van der Waals surface area contributed by atoms with E-state index in [4.69, 9.17) is 4.74 Å². The summed E-state index contributed by atoms with van der Waals surface area (Å²) in [5.41, 5.74) is 2.24. The summed E-state index contributed by atoms with van der Waals surface area (Å²) in [4.78, 5) is 35.2. The van der Waals surface area contributed by atoms with Crippen LogP contribution < -0.4 is 10.9 Å². The van der Waals surface area contributed by atoms with Crippen LogP contribution in [-0.4, -0.2) is 77.7 Å². The van der Waals surface area contributed by atoms with E-state index in [1.165, 1.54) is 0 Å². The zero-order valence-electron chi connectivity index (χ0n) is 16.2. The standard InChI is InChI=1S/C21H25N5O3/c27-20(2-1-7-25-8-10-29-11-9-25)26-14-18(15-26)24-19-12-17(13-23-21(19)28)16-3-5-22-6-4-16/h1-6,12-13,18,24H,7-11,14-15H2,(H,23,28). The maximum atomic E-state index is 12.3. The van der Waals surface area contributed by atoms with Gasteiger partial charge in [0.1, 0.15) is 5.69 Å². The monoisotopic (exact) mass is 395 g/mol. The highest BCUT2D eigenvalue weighted by atomic mass is 16.5. The normalized spacial score (nSPS) is 18.0. The van der Waals surface area contributed by atoms with Gasteiger partial charge >= 0.3 is 0 Å². The van der Waals surface area contributed by atoms with Crippen molar-refractivity contribution in [2.45, 2.75) is 6.04 Å². The van der Waals surface area contributed by atoms with Crippen LogP contribution in [0.15, 0.2) is 53.7 Å². The molecule has 2 fully saturated rings. The van der Waals surface area contributed by atoms with Gasteiger partial charge in [0.05, 0.1) is 19.3 Å². The summed E-state index contributed by atoms with van der Waals surface area (Å²) >= 11 is 0. The van der Waals surface area contributed by atoms with Gasteiger partial charge in [-0.2, -0.15) is 0 Å². The average Bonchev–Trinajstić information content (AvgIpc) is 2.73. The summed E-state index contributed by atoms with van der Waals surface area (Å²) in [6.07, 6.45) is 8.68. The van der Waals surface area contributed by atoms with Crippen LogP contribution in [0.5, 0.6) is 0 Å². The first-order valence-corrected chi connectivity index (χ1v) is 9.84. The van der Waals surface area contributed by atoms with E-state index >= 15 is 0 Å². The summed E-state index contributed by atoms with van der Waals surface area (Å²) in [7, 11) is 0. The molecule has 29 heavy (non-hydrogen) atoms. The van der Waals surface area contributed by atoms with E-state index in [1.54, 1.807) is 29.6 Å². The van der Waals surface area contributed by atoms with E-state index in [-0.39, 0.29) is 17.5 Å². The number of amides is 1. The third-order valence-electron chi connectivity index (χ3n) is 5.20. The maximum Gasteiger partial charge on any atom is 0.271 e. The number of likely N-dealkylation sites (tertiary alicyclic amines) is 1. The second-order valence-electron chi connectivity index (χ2n) is 7.27. The van der Waals surface area contributed by atoms with Crippen LogP contribution in [0.4, 0.5) is 5.69 Å². The molecule has 0 radical (unpaired) electrons. The smallest absolute Gasteiger partial charge is 0.271 e. The van der Waals surface area contributed by atoms with Crippen LogP contribution in [0, 0.1) is 0 Å². The van der Waals surface area contributed by atoms with Crippen molar-refractivity contribution in [1.29, 1.82) is 0 Å². The number of H-pyrrole nitrogens is 1. The van der Waals surface area contributed by atoms with Crippen LogP contribution in [-0.2, 0) is 9.53 Å². The predicted octanol–water partition coefficient (Wildman–Crippen LogP) is 0.948. The van der Waals surface area contributed by atoms with Crippen LogP contribution in [0.25, 0.3) is 11.1 Å². The van der Waals surface area contributed by atoms with Gasteiger partial charge in [0.15, 0.2) is 0 Å². The average molecular weight is 395 g/mol. The number of nitrogens with one attached hydrogen (secondary N) is 2. The first-order chi connectivity index (χ1) is 14.2. The van der Waals surface area contributed by atoms with E-state index < -0.39 is 0 Å². The van der Waals surface area contributed by atoms with Crippen molar-refractivity contribution in [2.75, 3.05) is 51.3 Å². The number of carbonyl (C=O) groups is 1. The molecule has 0 aromatic carbocycles. The molecule has 0 bridgehead atoms. The van der Waals surface area contributed by atoms with Crippen LogP contribution in [0.1, 0.15) is 0 Å². The molecule has 2 saturated heterocycles. The Kier molecular flexibility index (Phi) is 6.02. The molecule has 8 nitrogen and oxygen atoms in total. The van der Waals surface area contributed by atoms with Crippen LogP contribution in [0.2, 0.25) is 0 Å². The highest BCUT2D eigenvalue weighted by Gasteiger charge is 2.29. The minimum Gasteiger partial charge on any atom is -0.379 e. The number of aromatic amines is 1. The Balaban J connectivity index is 1.28. The molecule has 0 saturated carbocycles. The summed E-state index contributed by atoms with van der Waals surface area (Å²) in [6.45, 7) is 5.25. The Hall–Kier alpha value is -2.97. The second-order valence-corrected chi connectivity index (χ2v) is 7.27. The van der Waals surface area contributed by atoms with Gasteiger partial charge in [-0.05, 0) is 23.8 Å². The molecule has 8 heteroatoms. The van der Waals surface area contributed by atoms with Crippen molar-refractivity contribution in [2.24, 2.45) is 0 Å². The number of hydrogen-bond donors (Lipinski definition) is 2. The quantitative estimate of drug-likeness (QED) is 0.708. The molecule has 2 aliphatic heterocycles. The lowest BCUT2D eigenvalue weighted by molar-refractivity contribution is -0.129. The van der Waals surface area contributed by atoms with Crippen molar-refractivity contribution >= 4 is 11.6 Å². The van der Waals surface area contributed by atoms with Gasteiger partial charge in [-0.3, -0.25) is 19.5 Å². The fourth-order valence-corrected chi connectivity index (χ4v) is 3.46. The number of hydrogen-bond acceptors (Lipinski definition) is 6. The SMILES string of the molecule is O=C(C=CCN1CCOCC1)N1CC(Nc2cc(-c3ccncc3)c[nH]c2=O)C1. The number of anilines is 1. The molecule has 2 aliphatic rings. The summed E-state index contributed by atoms with van der Waals surface area (Å²) in [6, 6.07) is 5.69. The highest BCUT2D eigenvalue weighted by molar-refractivity contribution is 5.88. The van der Waals surface area contributed by atoms with Gasteiger partial charge < -0.3 is 19.9 Å². The maximum absolute atomic E-state index is 12.3. The number of ether oxygens (including phenoxy) is 1. The molecular formula is C21H25N5O3. The Morgan fingerprint density at radius 3 is 2.76 bits per heavy atom. The molecule has 0 spiro atoms. The molecule has 2 aromatic heterocycles. The molecular weight excluding hydrogens is 370 g/mol. The number of pyridine rings is 2. The Morgan fingerprint density at radius 2 is 2.00 bits per heavy atom. The zero-order valence-corrected chi connectivity index (χ0v) is 16.2. The largest absolute Gasteiger partial charge is 0.379 e. The van der Waals surface area contributed by atoms with Crippen molar-refractivity contribution < 1.29 is 9.53 Å². The lowest BCUT2D eigenvalue weighted by Gasteiger charge is -2.39. The first kappa shape index (κ1) is 19.4. The van der Waals surface area contributed by atoms with Gasteiger partial charge in [0.2, 0.25) is 5.91 Å². The van der Waals surface area contributed by atoms with Gasteiger partial charge in [0, 0.05) is 63.0 Å². The van der Waals surface area contributed by atoms with E-state index in [9.17, 15) is 9.59 Å². The first-order valence-electron chi connectivity index (χ1n) is 9.84. The van der Waals surface area contributed by atoms with E-state index in [0.29, 0.717) is 18.8 Å². The zero-order chi connectivity index (χ0) is 20.1. The number of carbonyl (C=O) groups excluding carboxylic acids is 1. The summed E-state index contributed by atoms with van der Waals surface area (Å²) in [5, 5.41) is 3.25. The number of rotatable bonds is 6. The minimum absolute atomic E-state index is 0.00996. The van der Waals surface area contributed by atoms with Crippen molar-refractivity contribution in [3.8, 4) is 11.1 Å². The molecule has 2 N–H and O–H groups in total. The van der Waals surface area contributed by atoms with Gasteiger partial charge in [0.25, 0.3) is 5.56 Å². The third kappa shape index (κ3) is 4.90. The van der Waals surface area contributed by atoms with Crippen molar-refractivity contribution in [1.82, 2.24) is 19.8 Å². The fraction of sp³-hybridized carbons (Fsp3) is 0.381.